The average molecular weight is 326 g/mol. The molecule has 1 amide bonds. The quantitative estimate of drug-likeness (QED) is 0.861. The summed E-state index contributed by atoms with van der Waals surface area (Å²) in [7, 11) is 3.82. The van der Waals surface area contributed by atoms with Gasteiger partial charge >= 0.3 is 0 Å². The van der Waals surface area contributed by atoms with Gasteiger partial charge in [0.05, 0.1) is 18.9 Å². The van der Waals surface area contributed by atoms with Gasteiger partial charge < -0.3 is 14.5 Å². The van der Waals surface area contributed by atoms with Crippen molar-refractivity contribution >= 4 is 11.7 Å². The van der Waals surface area contributed by atoms with Gasteiger partial charge in [-0.3, -0.25) is 9.78 Å². The van der Waals surface area contributed by atoms with Gasteiger partial charge in [0.25, 0.3) is 5.91 Å². The lowest BCUT2D eigenvalue weighted by molar-refractivity contribution is 0.0771. The van der Waals surface area contributed by atoms with Crippen LogP contribution in [0.2, 0.25) is 0 Å². The number of hydrogen-bond donors (Lipinski definition) is 0. The second kappa shape index (κ2) is 6.86. The van der Waals surface area contributed by atoms with Gasteiger partial charge in [-0.2, -0.15) is 4.98 Å². The summed E-state index contributed by atoms with van der Waals surface area (Å²) in [6.07, 6.45) is 4.05. The van der Waals surface area contributed by atoms with Gasteiger partial charge in [0, 0.05) is 32.6 Å². The van der Waals surface area contributed by atoms with E-state index >= 15 is 0 Å². The smallest absolute Gasteiger partial charge is 0.253 e. The van der Waals surface area contributed by atoms with Crippen LogP contribution in [0.3, 0.4) is 0 Å². The first kappa shape index (κ1) is 16.2. The van der Waals surface area contributed by atoms with Crippen molar-refractivity contribution in [1.82, 2.24) is 14.9 Å². The van der Waals surface area contributed by atoms with Crippen LogP contribution in [0.5, 0.6) is 5.88 Å². The summed E-state index contributed by atoms with van der Waals surface area (Å²) >= 11 is 0. The van der Waals surface area contributed by atoms with Gasteiger partial charge in [-0.1, -0.05) is 17.7 Å². The molecule has 1 aliphatic heterocycles. The van der Waals surface area contributed by atoms with E-state index in [1.54, 1.807) is 12.4 Å². The molecule has 1 saturated heterocycles. The van der Waals surface area contributed by atoms with E-state index in [1.165, 1.54) is 0 Å². The number of carbonyl (C=O) groups excluding carboxylic acids is 1. The predicted molar refractivity (Wildman–Crippen MR) is 92.5 cm³/mol. The molecule has 126 valence electrons. The van der Waals surface area contributed by atoms with Gasteiger partial charge in [0.2, 0.25) is 5.88 Å². The molecule has 0 spiro atoms. The highest BCUT2D eigenvalue weighted by molar-refractivity contribution is 5.94. The van der Waals surface area contributed by atoms with Crippen molar-refractivity contribution in [1.29, 1.82) is 0 Å². The van der Waals surface area contributed by atoms with Crippen LogP contribution in [-0.4, -0.2) is 54.1 Å². The Hall–Kier alpha value is -2.63. The Bertz CT molecular complexity index is 732. The van der Waals surface area contributed by atoms with E-state index in [4.69, 9.17) is 4.74 Å². The fourth-order valence-electron chi connectivity index (χ4n) is 2.75. The lowest BCUT2D eigenvalue weighted by atomic mass is 10.1. The molecule has 6 heteroatoms. The molecule has 24 heavy (non-hydrogen) atoms. The molecule has 0 radical (unpaired) electrons. The van der Waals surface area contributed by atoms with Crippen molar-refractivity contribution in [2.75, 3.05) is 32.1 Å². The van der Waals surface area contributed by atoms with Crippen molar-refractivity contribution in [3.63, 3.8) is 0 Å². The molecule has 0 aliphatic carbocycles. The number of aryl methyl sites for hydroxylation is 1. The number of likely N-dealkylation sites (tertiary alicyclic amines) is 1. The van der Waals surface area contributed by atoms with Crippen LogP contribution in [0.4, 0.5) is 5.82 Å². The standard InChI is InChI=1S/C18H22N4O2/c1-13-5-4-6-14(9-13)18(23)22-8-7-15(12-22)24-17-11-19-10-16(20-17)21(2)3/h4-6,9-11,15H,7-8,12H2,1-3H3. The molecule has 1 aromatic carbocycles. The maximum absolute atomic E-state index is 12.6. The number of nitrogens with zero attached hydrogens (tertiary/aromatic N) is 4. The number of aromatic nitrogens is 2. The van der Waals surface area contributed by atoms with Crippen LogP contribution in [0.1, 0.15) is 22.3 Å². The third-order valence-corrected chi connectivity index (χ3v) is 4.04. The number of anilines is 1. The summed E-state index contributed by atoms with van der Waals surface area (Å²) in [6, 6.07) is 7.68. The Labute approximate surface area is 142 Å². The van der Waals surface area contributed by atoms with Crippen LogP contribution < -0.4 is 9.64 Å². The summed E-state index contributed by atoms with van der Waals surface area (Å²) < 4.78 is 5.91. The van der Waals surface area contributed by atoms with Gasteiger partial charge in [0.15, 0.2) is 5.82 Å². The van der Waals surface area contributed by atoms with E-state index in [2.05, 4.69) is 9.97 Å². The Morgan fingerprint density at radius 1 is 1.33 bits per heavy atom. The van der Waals surface area contributed by atoms with Crippen LogP contribution in [0, 0.1) is 6.92 Å². The molecular formula is C18H22N4O2. The first-order chi connectivity index (χ1) is 11.5. The SMILES string of the molecule is Cc1cccc(C(=O)N2CCC(Oc3cncc(N(C)C)n3)C2)c1. The summed E-state index contributed by atoms with van der Waals surface area (Å²) in [5, 5.41) is 0. The summed E-state index contributed by atoms with van der Waals surface area (Å²) in [5.41, 5.74) is 1.81. The molecule has 0 bridgehead atoms. The lowest BCUT2D eigenvalue weighted by Crippen LogP contribution is -2.31. The monoisotopic (exact) mass is 326 g/mol. The molecule has 0 N–H and O–H groups in total. The Morgan fingerprint density at radius 3 is 2.92 bits per heavy atom. The number of hydrogen-bond acceptors (Lipinski definition) is 5. The fraction of sp³-hybridized carbons (Fsp3) is 0.389. The zero-order valence-electron chi connectivity index (χ0n) is 14.3. The molecule has 2 aromatic rings. The van der Waals surface area contributed by atoms with Crippen LogP contribution in [0.15, 0.2) is 36.7 Å². The maximum atomic E-state index is 12.6. The number of ether oxygens (including phenoxy) is 1. The molecular weight excluding hydrogens is 304 g/mol. The highest BCUT2D eigenvalue weighted by atomic mass is 16.5. The summed E-state index contributed by atoms with van der Waals surface area (Å²) in [5.74, 6) is 1.30. The number of rotatable bonds is 4. The Balaban J connectivity index is 1.63. The van der Waals surface area contributed by atoms with Gasteiger partial charge in [-0.25, -0.2) is 0 Å². The molecule has 1 fully saturated rings. The molecule has 0 saturated carbocycles. The highest BCUT2D eigenvalue weighted by Gasteiger charge is 2.28. The minimum absolute atomic E-state index is 0.0505. The number of amides is 1. The highest BCUT2D eigenvalue weighted by Crippen LogP contribution is 2.20. The zero-order chi connectivity index (χ0) is 17.1. The van der Waals surface area contributed by atoms with Gasteiger partial charge in [0.1, 0.15) is 6.10 Å². The molecule has 1 aromatic heterocycles. The molecule has 1 unspecified atom stereocenters. The van der Waals surface area contributed by atoms with Crippen LogP contribution in [-0.2, 0) is 0 Å². The first-order valence-electron chi connectivity index (χ1n) is 8.05. The summed E-state index contributed by atoms with van der Waals surface area (Å²) in [4.78, 5) is 24.9. The third-order valence-electron chi connectivity index (χ3n) is 4.04. The minimum Gasteiger partial charge on any atom is -0.471 e. The first-order valence-corrected chi connectivity index (χ1v) is 8.05. The van der Waals surface area contributed by atoms with E-state index in [9.17, 15) is 4.79 Å². The normalized spacial score (nSPS) is 17.0. The fourth-order valence-corrected chi connectivity index (χ4v) is 2.75. The molecule has 6 nitrogen and oxygen atoms in total. The average Bonchev–Trinajstić information content (AvgIpc) is 3.03. The zero-order valence-corrected chi connectivity index (χ0v) is 14.3. The Kier molecular flexibility index (Phi) is 4.64. The number of benzene rings is 1. The van der Waals surface area contributed by atoms with Crippen molar-refractivity contribution in [2.24, 2.45) is 0 Å². The largest absolute Gasteiger partial charge is 0.471 e. The Morgan fingerprint density at radius 2 is 2.17 bits per heavy atom. The van der Waals surface area contributed by atoms with Crippen molar-refractivity contribution in [2.45, 2.75) is 19.4 Å². The number of carbonyl (C=O) groups is 1. The molecule has 1 atom stereocenters. The van der Waals surface area contributed by atoms with Crippen LogP contribution >= 0.6 is 0 Å². The van der Waals surface area contributed by atoms with E-state index in [0.717, 1.165) is 23.4 Å². The predicted octanol–water partition coefficient (Wildman–Crippen LogP) is 2.14. The topological polar surface area (TPSA) is 58.6 Å². The summed E-state index contributed by atoms with van der Waals surface area (Å²) in [6.45, 7) is 3.25. The minimum atomic E-state index is -0.0505. The van der Waals surface area contributed by atoms with E-state index < -0.39 is 0 Å². The van der Waals surface area contributed by atoms with E-state index in [1.807, 2.05) is 55.1 Å². The second-order valence-electron chi connectivity index (χ2n) is 6.26. The lowest BCUT2D eigenvalue weighted by Gasteiger charge is -2.18. The molecule has 3 rings (SSSR count). The van der Waals surface area contributed by atoms with Crippen LogP contribution in [0.25, 0.3) is 0 Å². The van der Waals surface area contributed by atoms with E-state index in [-0.39, 0.29) is 12.0 Å². The van der Waals surface area contributed by atoms with Gasteiger partial charge in [-0.05, 0) is 19.1 Å². The van der Waals surface area contributed by atoms with Crippen molar-refractivity contribution < 1.29 is 9.53 Å². The van der Waals surface area contributed by atoms with Crippen molar-refractivity contribution in [3.05, 3.63) is 47.8 Å². The molecule has 1 aliphatic rings. The van der Waals surface area contributed by atoms with E-state index in [0.29, 0.717) is 19.0 Å². The third kappa shape index (κ3) is 3.64. The van der Waals surface area contributed by atoms with Gasteiger partial charge in [-0.15, -0.1) is 0 Å². The van der Waals surface area contributed by atoms with Crippen molar-refractivity contribution in [3.8, 4) is 5.88 Å². The maximum Gasteiger partial charge on any atom is 0.253 e. The molecule has 2 heterocycles. The second-order valence-corrected chi connectivity index (χ2v) is 6.26.